The lowest BCUT2D eigenvalue weighted by atomic mass is 10.1. The van der Waals surface area contributed by atoms with Crippen molar-refractivity contribution in [3.63, 3.8) is 0 Å². The van der Waals surface area contributed by atoms with Crippen LogP contribution in [0.4, 0.5) is 0 Å². The second kappa shape index (κ2) is 2.38. The quantitative estimate of drug-likeness (QED) is 0.573. The summed E-state index contributed by atoms with van der Waals surface area (Å²) in [6.07, 6.45) is 5.44. The number of nitrogens with zero attached hydrogens (tertiary/aromatic N) is 1. The monoisotopic (exact) mass is 147 g/mol. The molecule has 0 saturated carbocycles. The standard InChI is InChI=1S/C9H9NO/c11-9-5-1-4-8-7(9)3-2-6-10-8/h2-4,6,11H,1,5H2. The first-order valence-electron chi connectivity index (χ1n) is 3.71. The number of fused-ring (bicyclic) bond motifs is 1. The van der Waals surface area contributed by atoms with Crippen molar-refractivity contribution in [1.29, 1.82) is 0 Å². The van der Waals surface area contributed by atoms with Gasteiger partial charge in [-0.25, -0.2) is 0 Å². The van der Waals surface area contributed by atoms with E-state index < -0.39 is 0 Å². The Morgan fingerprint density at radius 1 is 1.45 bits per heavy atom. The highest BCUT2D eigenvalue weighted by atomic mass is 16.3. The van der Waals surface area contributed by atoms with E-state index in [9.17, 15) is 5.11 Å². The Morgan fingerprint density at radius 2 is 2.36 bits per heavy atom. The normalized spacial score (nSPS) is 15.5. The van der Waals surface area contributed by atoms with Gasteiger partial charge < -0.3 is 5.11 Å². The van der Waals surface area contributed by atoms with Crippen LogP contribution in [0.2, 0.25) is 0 Å². The second-order valence-electron chi connectivity index (χ2n) is 2.63. The summed E-state index contributed by atoms with van der Waals surface area (Å²) < 4.78 is 0. The third-order valence-electron chi connectivity index (χ3n) is 1.87. The van der Waals surface area contributed by atoms with E-state index in [0.717, 1.165) is 23.4 Å². The Kier molecular flexibility index (Phi) is 1.39. The summed E-state index contributed by atoms with van der Waals surface area (Å²) in [5, 5.41) is 11.2. The van der Waals surface area contributed by atoms with Crippen LogP contribution < -0.4 is 10.6 Å². The maximum absolute atomic E-state index is 9.42. The molecule has 2 heteroatoms. The van der Waals surface area contributed by atoms with Gasteiger partial charge in [0.05, 0.1) is 5.35 Å². The molecule has 1 aromatic heterocycles. The molecule has 0 fully saturated rings. The van der Waals surface area contributed by atoms with Crippen molar-refractivity contribution >= 4 is 11.8 Å². The van der Waals surface area contributed by atoms with Crippen molar-refractivity contribution in [3.05, 3.63) is 28.9 Å². The van der Waals surface area contributed by atoms with Crippen molar-refractivity contribution in [2.24, 2.45) is 0 Å². The van der Waals surface area contributed by atoms with Crippen molar-refractivity contribution in [1.82, 2.24) is 4.98 Å². The molecule has 56 valence electrons. The fourth-order valence-electron chi connectivity index (χ4n) is 1.30. The number of hydrogen-bond donors (Lipinski definition) is 1. The van der Waals surface area contributed by atoms with Crippen LogP contribution in [0.3, 0.4) is 0 Å². The molecular weight excluding hydrogens is 138 g/mol. The van der Waals surface area contributed by atoms with Gasteiger partial charge in [-0.2, -0.15) is 0 Å². The molecule has 0 aromatic carbocycles. The largest absolute Gasteiger partial charge is 0.512 e. The fraction of sp³-hybridized carbons (Fsp3) is 0.222. The minimum Gasteiger partial charge on any atom is -0.512 e. The number of pyridine rings is 1. The Labute approximate surface area is 64.5 Å². The zero-order valence-corrected chi connectivity index (χ0v) is 6.12. The summed E-state index contributed by atoms with van der Waals surface area (Å²) in [6, 6.07) is 3.74. The molecule has 1 heterocycles. The zero-order valence-electron chi connectivity index (χ0n) is 6.12. The van der Waals surface area contributed by atoms with E-state index in [1.807, 2.05) is 12.1 Å². The average molecular weight is 147 g/mol. The lowest BCUT2D eigenvalue weighted by Crippen LogP contribution is -2.31. The Hall–Kier alpha value is -1.31. The molecule has 0 aliphatic heterocycles. The van der Waals surface area contributed by atoms with E-state index in [4.69, 9.17) is 0 Å². The van der Waals surface area contributed by atoms with Gasteiger partial charge in [-0.1, -0.05) is 6.08 Å². The van der Waals surface area contributed by atoms with E-state index in [1.54, 1.807) is 6.20 Å². The van der Waals surface area contributed by atoms with Crippen molar-refractivity contribution in [3.8, 4) is 0 Å². The topological polar surface area (TPSA) is 33.1 Å². The van der Waals surface area contributed by atoms with Crippen LogP contribution in [0.15, 0.2) is 18.3 Å². The molecule has 0 unspecified atom stereocenters. The van der Waals surface area contributed by atoms with Gasteiger partial charge in [0.15, 0.2) is 0 Å². The van der Waals surface area contributed by atoms with Gasteiger partial charge in [-0.05, 0) is 18.6 Å². The van der Waals surface area contributed by atoms with Crippen LogP contribution >= 0.6 is 0 Å². The van der Waals surface area contributed by atoms with Crippen LogP contribution in [0, 0.1) is 0 Å². The van der Waals surface area contributed by atoms with E-state index >= 15 is 0 Å². The number of aromatic nitrogens is 1. The van der Waals surface area contributed by atoms with Crippen LogP contribution in [0.25, 0.3) is 11.8 Å². The molecule has 0 amide bonds. The van der Waals surface area contributed by atoms with Crippen molar-refractivity contribution in [2.75, 3.05) is 0 Å². The maximum atomic E-state index is 9.42. The predicted molar refractivity (Wildman–Crippen MR) is 43.2 cm³/mol. The Balaban J connectivity index is 2.89. The lowest BCUT2D eigenvalue weighted by molar-refractivity contribution is 0.477. The molecule has 2 nitrogen and oxygen atoms in total. The molecule has 1 aromatic rings. The van der Waals surface area contributed by atoms with Crippen molar-refractivity contribution in [2.45, 2.75) is 12.8 Å². The number of aliphatic hydroxyl groups excluding tert-OH is 1. The molecule has 1 aliphatic rings. The molecular formula is C9H9NO. The highest BCUT2D eigenvalue weighted by molar-refractivity contribution is 5.42. The molecule has 0 bridgehead atoms. The SMILES string of the molecule is OC1=c2cccnc2=CCC1. The van der Waals surface area contributed by atoms with Crippen molar-refractivity contribution < 1.29 is 5.11 Å². The Bertz CT molecular complexity index is 381. The molecule has 0 radical (unpaired) electrons. The number of rotatable bonds is 0. The number of hydrogen-bond acceptors (Lipinski definition) is 2. The third kappa shape index (κ3) is 1.00. The smallest absolute Gasteiger partial charge is 0.102 e. The zero-order chi connectivity index (χ0) is 7.68. The minimum atomic E-state index is 0.468. The molecule has 11 heavy (non-hydrogen) atoms. The first-order chi connectivity index (χ1) is 5.38. The van der Waals surface area contributed by atoms with E-state index in [2.05, 4.69) is 11.1 Å². The molecule has 0 atom stereocenters. The highest BCUT2D eigenvalue weighted by Crippen LogP contribution is 2.01. The number of aliphatic hydroxyl groups is 1. The maximum Gasteiger partial charge on any atom is 0.102 e. The van der Waals surface area contributed by atoms with Crippen LogP contribution in [-0.4, -0.2) is 10.1 Å². The van der Waals surface area contributed by atoms with Crippen LogP contribution in [0.1, 0.15) is 12.8 Å². The fourth-order valence-corrected chi connectivity index (χ4v) is 1.30. The highest BCUT2D eigenvalue weighted by Gasteiger charge is 2.00. The predicted octanol–water partition coefficient (Wildman–Crippen LogP) is 0.322. The molecule has 2 rings (SSSR count). The van der Waals surface area contributed by atoms with E-state index in [0.29, 0.717) is 5.76 Å². The van der Waals surface area contributed by atoms with Crippen LogP contribution in [-0.2, 0) is 0 Å². The summed E-state index contributed by atoms with van der Waals surface area (Å²) in [7, 11) is 0. The molecule has 1 aliphatic carbocycles. The summed E-state index contributed by atoms with van der Waals surface area (Å²) >= 11 is 0. The molecule has 0 spiro atoms. The Morgan fingerprint density at radius 3 is 3.18 bits per heavy atom. The average Bonchev–Trinajstić information content (AvgIpc) is 2.06. The molecule has 1 N–H and O–H groups in total. The summed E-state index contributed by atoms with van der Waals surface area (Å²) in [6.45, 7) is 0. The summed E-state index contributed by atoms with van der Waals surface area (Å²) in [5.74, 6) is 0.468. The van der Waals surface area contributed by atoms with Crippen LogP contribution in [0.5, 0.6) is 0 Å². The first kappa shape index (κ1) is 6.40. The summed E-state index contributed by atoms with van der Waals surface area (Å²) in [5.41, 5.74) is 0. The summed E-state index contributed by atoms with van der Waals surface area (Å²) in [4.78, 5) is 4.13. The lowest BCUT2D eigenvalue weighted by Gasteiger charge is -2.02. The van der Waals surface area contributed by atoms with Gasteiger partial charge in [0.1, 0.15) is 5.76 Å². The van der Waals surface area contributed by atoms with E-state index in [-0.39, 0.29) is 0 Å². The van der Waals surface area contributed by atoms with E-state index in [1.165, 1.54) is 0 Å². The van der Waals surface area contributed by atoms with Gasteiger partial charge in [-0.3, -0.25) is 4.98 Å². The molecule has 0 saturated heterocycles. The third-order valence-corrected chi connectivity index (χ3v) is 1.87. The first-order valence-corrected chi connectivity index (χ1v) is 3.71. The second-order valence-corrected chi connectivity index (χ2v) is 2.63. The van der Waals surface area contributed by atoms with Gasteiger partial charge >= 0.3 is 0 Å². The van der Waals surface area contributed by atoms with Gasteiger partial charge in [-0.15, -0.1) is 0 Å². The van der Waals surface area contributed by atoms with Gasteiger partial charge in [0.25, 0.3) is 0 Å². The minimum absolute atomic E-state index is 0.468. The van der Waals surface area contributed by atoms with Gasteiger partial charge in [0, 0.05) is 17.8 Å². The van der Waals surface area contributed by atoms with Gasteiger partial charge in [0.2, 0.25) is 0 Å².